The molecular weight excluding hydrogens is 214 g/mol. The van der Waals surface area contributed by atoms with Gasteiger partial charge >= 0.3 is 6.61 Å². The van der Waals surface area contributed by atoms with E-state index >= 15 is 0 Å². The van der Waals surface area contributed by atoms with E-state index in [9.17, 15) is 8.78 Å². The largest absolute Gasteiger partial charge is 0.435 e. The first-order valence-electron chi connectivity index (χ1n) is 3.48. The van der Waals surface area contributed by atoms with Gasteiger partial charge in [0.05, 0.1) is 16.3 Å². The van der Waals surface area contributed by atoms with Crippen molar-refractivity contribution in [3.05, 3.63) is 22.7 Å². The third kappa shape index (κ3) is 2.24. The molecule has 74 valence electrons. The van der Waals surface area contributed by atoms with Crippen molar-refractivity contribution in [2.45, 2.75) is 6.61 Å². The summed E-state index contributed by atoms with van der Waals surface area (Å²) in [6.07, 6.45) is 0. The Hall–Kier alpha value is -1.54. The maximum absolute atomic E-state index is 11.8. The summed E-state index contributed by atoms with van der Waals surface area (Å²) in [6.45, 7) is -2.96. The Labute approximate surface area is 83.6 Å². The van der Waals surface area contributed by atoms with Crippen LogP contribution in [0.25, 0.3) is 0 Å². The van der Waals surface area contributed by atoms with E-state index in [2.05, 4.69) is 4.74 Å². The van der Waals surface area contributed by atoms with Gasteiger partial charge in [0, 0.05) is 12.1 Å². The molecule has 1 aromatic rings. The highest BCUT2D eigenvalue weighted by molar-refractivity contribution is 6.33. The molecule has 0 radical (unpaired) electrons. The Morgan fingerprint density at radius 2 is 2.14 bits per heavy atom. The molecule has 6 heteroatoms. The van der Waals surface area contributed by atoms with Gasteiger partial charge in [0.1, 0.15) is 11.8 Å². The van der Waals surface area contributed by atoms with Gasteiger partial charge in [-0.05, 0) is 0 Å². The summed E-state index contributed by atoms with van der Waals surface area (Å²) in [4.78, 5) is 0. The first-order chi connectivity index (χ1) is 6.54. The average molecular weight is 219 g/mol. The molecule has 0 spiro atoms. The van der Waals surface area contributed by atoms with E-state index in [0.717, 1.165) is 12.1 Å². The van der Waals surface area contributed by atoms with Crippen LogP contribution >= 0.6 is 11.6 Å². The summed E-state index contributed by atoms with van der Waals surface area (Å²) >= 11 is 5.58. The number of nitrogens with two attached hydrogens (primary N) is 1. The van der Waals surface area contributed by atoms with Gasteiger partial charge in [-0.15, -0.1) is 0 Å². The number of anilines is 1. The normalized spacial score (nSPS) is 9.93. The van der Waals surface area contributed by atoms with Crippen LogP contribution in [0.1, 0.15) is 5.56 Å². The predicted octanol–water partition coefficient (Wildman–Crippen LogP) is 2.40. The number of rotatable bonds is 2. The molecule has 0 saturated carbocycles. The van der Waals surface area contributed by atoms with Crippen molar-refractivity contribution in [3.63, 3.8) is 0 Å². The molecule has 2 N–H and O–H groups in total. The number of halogens is 3. The summed E-state index contributed by atoms with van der Waals surface area (Å²) in [5.74, 6) is -0.184. The molecule has 14 heavy (non-hydrogen) atoms. The van der Waals surface area contributed by atoms with Crippen LogP contribution < -0.4 is 10.5 Å². The van der Waals surface area contributed by atoms with Gasteiger partial charge in [0.15, 0.2) is 0 Å². The van der Waals surface area contributed by atoms with Gasteiger partial charge in [-0.25, -0.2) is 0 Å². The minimum absolute atomic E-state index is 0.00755. The van der Waals surface area contributed by atoms with Crippen LogP contribution in [-0.4, -0.2) is 6.61 Å². The highest BCUT2D eigenvalue weighted by atomic mass is 35.5. The summed E-state index contributed by atoms with van der Waals surface area (Å²) in [5, 5.41) is 8.58. The minimum atomic E-state index is -2.96. The molecule has 0 aliphatic heterocycles. The third-order valence-corrected chi connectivity index (χ3v) is 1.76. The standard InChI is InChI=1S/C8H5ClF2N2O/c9-6-2-5(14-8(10)11)1-4(3-12)7(6)13/h1-2,8H,13H2. The Morgan fingerprint density at radius 1 is 1.50 bits per heavy atom. The van der Waals surface area contributed by atoms with Gasteiger partial charge in [-0.2, -0.15) is 14.0 Å². The topological polar surface area (TPSA) is 59.0 Å². The van der Waals surface area contributed by atoms with Crippen molar-refractivity contribution < 1.29 is 13.5 Å². The number of hydrogen-bond donors (Lipinski definition) is 1. The minimum Gasteiger partial charge on any atom is -0.435 e. The number of benzene rings is 1. The molecule has 0 amide bonds. The summed E-state index contributed by atoms with van der Waals surface area (Å²) in [7, 11) is 0. The highest BCUT2D eigenvalue weighted by Crippen LogP contribution is 2.29. The predicted molar refractivity (Wildman–Crippen MR) is 47.2 cm³/mol. The van der Waals surface area contributed by atoms with Crippen LogP contribution in [0.3, 0.4) is 0 Å². The number of ether oxygens (including phenoxy) is 1. The lowest BCUT2D eigenvalue weighted by Crippen LogP contribution is -2.03. The number of alkyl halides is 2. The molecule has 1 rings (SSSR count). The lowest BCUT2D eigenvalue weighted by atomic mass is 10.2. The Morgan fingerprint density at radius 3 is 2.64 bits per heavy atom. The van der Waals surface area contributed by atoms with E-state index in [-0.39, 0.29) is 22.0 Å². The number of nitriles is 1. The fourth-order valence-electron chi connectivity index (χ4n) is 0.856. The van der Waals surface area contributed by atoms with E-state index in [1.165, 1.54) is 0 Å². The number of hydrogen-bond acceptors (Lipinski definition) is 3. The maximum atomic E-state index is 11.8. The van der Waals surface area contributed by atoms with Crippen molar-refractivity contribution in [1.82, 2.24) is 0 Å². The first kappa shape index (κ1) is 10.5. The second-order valence-electron chi connectivity index (χ2n) is 2.36. The van der Waals surface area contributed by atoms with Crippen molar-refractivity contribution in [1.29, 1.82) is 5.26 Å². The van der Waals surface area contributed by atoms with Gasteiger partial charge in [0.25, 0.3) is 0 Å². The van der Waals surface area contributed by atoms with Gasteiger partial charge in [0.2, 0.25) is 0 Å². The lowest BCUT2D eigenvalue weighted by molar-refractivity contribution is -0.0498. The molecule has 0 aromatic heterocycles. The Bertz CT molecular complexity index is 390. The average Bonchev–Trinajstić information content (AvgIpc) is 2.10. The molecule has 0 fully saturated rings. The zero-order chi connectivity index (χ0) is 10.7. The second kappa shape index (κ2) is 4.11. The van der Waals surface area contributed by atoms with Crippen LogP contribution in [0.2, 0.25) is 5.02 Å². The zero-order valence-corrected chi connectivity index (χ0v) is 7.55. The smallest absolute Gasteiger partial charge is 0.387 e. The number of nitrogens with zero attached hydrogens (tertiary/aromatic N) is 1. The molecule has 0 aliphatic rings. The van der Waals surface area contributed by atoms with Crippen LogP contribution in [0, 0.1) is 11.3 Å². The van der Waals surface area contributed by atoms with Gasteiger partial charge in [-0.1, -0.05) is 11.6 Å². The molecule has 0 aliphatic carbocycles. The Kier molecular flexibility index (Phi) is 3.10. The molecule has 3 nitrogen and oxygen atoms in total. The Balaban J connectivity index is 3.11. The zero-order valence-electron chi connectivity index (χ0n) is 6.80. The summed E-state index contributed by atoms with van der Waals surface area (Å²) in [6, 6.07) is 3.95. The van der Waals surface area contributed by atoms with Crippen LogP contribution in [0.4, 0.5) is 14.5 Å². The highest BCUT2D eigenvalue weighted by Gasteiger charge is 2.10. The monoisotopic (exact) mass is 218 g/mol. The third-order valence-electron chi connectivity index (χ3n) is 1.45. The van der Waals surface area contributed by atoms with E-state index in [1.54, 1.807) is 6.07 Å². The van der Waals surface area contributed by atoms with Crippen molar-refractivity contribution >= 4 is 17.3 Å². The molecular formula is C8H5ClF2N2O. The molecule has 0 saturated heterocycles. The van der Waals surface area contributed by atoms with E-state index in [4.69, 9.17) is 22.6 Å². The fourth-order valence-corrected chi connectivity index (χ4v) is 1.07. The van der Waals surface area contributed by atoms with Crippen molar-refractivity contribution in [2.24, 2.45) is 0 Å². The molecule has 0 unspecified atom stereocenters. The second-order valence-corrected chi connectivity index (χ2v) is 2.76. The molecule has 0 bridgehead atoms. The van der Waals surface area contributed by atoms with Gasteiger partial charge in [-0.3, -0.25) is 0 Å². The molecule has 0 atom stereocenters. The maximum Gasteiger partial charge on any atom is 0.387 e. The first-order valence-corrected chi connectivity index (χ1v) is 3.86. The summed E-state index contributed by atoms with van der Waals surface area (Å²) in [5.41, 5.74) is 5.45. The number of nitrogen functional groups attached to an aromatic ring is 1. The van der Waals surface area contributed by atoms with E-state index in [0.29, 0.717) is 0 Å². The van der Waals surface area contributed by atoms with Crippen LogP contribution in [-0.2, 0) is 0 Å². The lowest BCUT2D eigenvalue weighted by Gasteiger charge is -2.07. The fraction of sp³-hybridized carbons (Fsp3) is 0.125. The summed E-state index contributed by atoms with van der Waals surface area (Å²) < 4.78 is 27.7. The quantitative estimate of drug-likeness (QED) is 0.776. The van der Waals surface area contributed by atoms with Crippen LogP contribution in [0.5, 0.6) is 5.75 Å². The van der Waals surface area contributed by atoms with E-state index < -0.39 is 6.61 Å². The van der Waals surface area contributed by atoms with Crippen molar-refractivity contribution in [2.75, 3.05) is 5.73 Å². The van der Waals surface area contributed by atoms with Crippen LogP contribution in [0.15, 0.2) is 12.1 Å². The SMILES string of the molecule is N#Cc1cc(OC(F)F)cc(Cl)c1N. The van der Waals surface area contributed by atoms with Crippen molar-refractivity contribution in [3.8, 4) is 11.8 Å². The van der Waals surface area contributed by atoms with Gasteiger partial charge < -0.3 is 10.5 Å². The molecule has 1 aromatic carbocycles. The van der Waals surface area contributed by atoms with E-state index in [1.807, 2.05) is 0 Å². The molecule has 0 heterocycles.